The number of nitrogens with one attached hydrogen (secondary N) is 1. The van der Waals surface area contributed by atoms with Crippen LogP contribution in [0.4, 0.5) is 4.79 Å². The largest absolute Gasteiger partial charge is 0.444 e. The number of amides is 2. The molecule has 2 aliphatic rings. The van der Waals surface area contributed by atoms with E-state index in [0.29, 0.717) is 18.1 Å². The summed E-state index contributed by atoms with van der Waals surface area (Å²) >= 11 is 1.53. The van der Waals surface area contributed by atoms with Crippen LogP contribution in [0.5, 0.6) is 0 Å². The molecule has 0 aromatic rings. The molecule has 2 aliphatic heterocycles. The minimum absolute atomic E-state index is 0.165. The van der Waals surface area contributed by atoms with Crippen LogP contribution in [0.1, 0.15) is 33.6 Å². The lowest BCUT2D eigenvalue weighted by atomic mass is 10.2. The van der Waals surface area contributed by atoms with Crippen LogP contribution in [-0.2, 0) is 9.53 Å². The summed E-state index contributed by atoms with van der Waals surface area (Å²) in [6.07, 6.45) is 1.07. The summed E-state index contributed by atoms with van der Waals surface area (Å²) in [6.45, 7) is 6.76. The summed E-state index contributed by atoms with van der Waals surface area (Å²) < 4.78 is 5.34. The number of likely N-dealkylation sites (tertiary alicyclic amines) is 1. The zero-order valence-electron chi connectivity index (χ0n) is 12.1. The van der Waals surface area contributed by atoms with Gasteiger partial charge in [0.15, 0.2) is 5.17 Å². The SMILES string of the molecule is CC(C)(C)OC(=O)N1CCCC1C(=O)NC1=NCCS1. The highest BCUT2D eigenvalue weighted by Gasteiger charge is 2.37. The van der Waals surface area contributed by atoms with Gasteiger partial charge in [-0.05, 0) is 33.6 Å². The zero-order valence-corrected chi connectivity index (χ0v) is 13.0. The van der Waals surface area contributed by atoms with Gasteiger partial charge in [0.05, 0.1) is 6.54 Å². The third kappa shape index (κ3) is 3.88. The Labute approximate surface area is 123 Å². The molecule has 0 bridgehead atoms. The average Bonchev–Trinajstić information content (AvgIpc) is 2.96. The van der Waals surface area contributed by atoms with Crippen molar-refractivity contribution in [1.29, 1.82) is 0 Å². The van der Waals surface area contributed by atoms with Crippen LogP contribution in [-0.4, -0.2) is 52.6 Å². The predicted molar refractivity (Wildman–Crippen MR) is 78.9 cm³/mol. The molecular formula is C13H21N3O3S. The van der Waals surface area contributed by atoms with Gasteiger partial charge in [-0.15, -0.1) is 0 Å². The molecule has 1 saturated heterocycles. The standard InChI is InChI=1S/C13H21N3O3S/c1-13(2,3)19-12(18)16-7-4-5-9(16)10(17)15-11-14-6-8-20-11/h9H,4-8H2,1-3H3,(H,14,15,17). The molecular weight excluding hydrogens is 278 g/mol. The minimum Gasteiger partial charge on any atom is -0.444 e. The second-order valence-corrected chi connectivity index (χ2v) is 6.94. The maximum atomic E-state index is 12.2. The van der Waals surface area contributed by atoms with Gasteiger partial charge in [-0.3, -0.25) is 14.7 Å². The van der Waals surface area contributed by atoms with E-state index in [1.54, 1.807) is 0 Å². The first-order valence-corrected chi connectivity index (χ1v) is 7.83. The average molecular weight is 299 g/mol. The first-order chi connectivity index (χ1) is 9.37. The normalized spacial score (nSPS) is 22.6. The zero-order chi connectivity index (χ0) is 14.8. The number of amidine groups is 1. The molecule has 0 aliphatic carbocycles. The highest BCUT2D eigenvalue weighted by Crippen LogP contribution is 2.21. The Hall–Kier alpha value is -1.24. The molecule has 0 spiro atoms. The summed E-state index contributed by atoms with van der Waals surface area (Å²) in [5, 5.41) is 3.45. The maximum absolute atomic E-state index is 12.2. The summed E-state index contributed by atoms with van der Waals surface area (Å²) in [5.41, 5.74) is -0.550. The van der Waals surface area contributed by atoms with E-state index in [1.807, 2.05) is 20.8 Å². The fourth-order valence-corrected chi connectivity index (χ4v) is 2.91. The Morgan fingerprint density at radius 3 is 2.80 bits per heavy atom. The molecule has 0 aromatic carbocycles. The first-order valence-electron chi connectivity index (χ1n) is 6.84. The van der Waals surface area contributed by atoms with E-state index < -0.39 is 17.7 Å². The van der Waals surface area contributed by atoms with Crippen molar-refractivity contribution < 1.29 is 14.3 Å². The monoisotopic (exact) mass is 299 g/mol. The number of ether oxygens (including phenoxy) is 1. The number of nitrogens with zero attached hydrogens (tertiary/aromatic N) is 2. The van der Waals surface area contributed by atoms with Crippen molar-refractivity contribution in [3.05, 3.63) is 0 Å². The van der Waals surface area contributed by atoms with E-state index in [1.165, 1.54) is 16.7 Å². The third-order valence-corrected chi connectivity index (χ3v) is 3.89. The molecule has 112 valence electrons. The molecule has 0 aromatic heterocycles. The van der Waals surface area contributed by atoms with Crippen LogP contribution >= 0.6 is 11.8 Å². The van der Waals surface area contributed by atoms with Crippen molar-refractivity contribution in [3.63, 3.8) is 0 Å². The number of hydrogen-bond donors (Lipinski definition) is 1. The second kappa shape index (κ2) is 6.03. The molecule has 7 heteroatoms. The molecule has 20 heavy (non-hydrogen) atoms. The van der Waals surface area contributed by atoms with Crippen molar-refractivity contribution in [3.8, 4) is 0 Å². The van der Waals surface area contributed by atoms with Gasteiger partial charge in [0.25, 0.3) is 0 Å². The Morgan fingerprint density at radius 2 is 2.20 bits per heavy atom. The van der Waals surface area contributed by atoms with E-state index in [9.17, 15) is 9.59 Å². The highest BCUT2D eigenvalue weighted by molar-refractivity contribution is 8.14. The van der Waals surface area contributed by atoms with Crippen LogP contribution in [0, 0.1) is 0 Å². The van der Waals surface area contributed by atoms with Crippen molar-refractivity contribution in [2.75, 3.05) is 18.8 Å². The topological polar surface area (TPSA) is 71.0 Å². The molecule has 1 atom stereocenters. The Kier molecular flexibility index (Phi) is 4.57. The Balaban J connectivity index is 1.95. The molecule has 2 rings (SSSR count). The number of thioether (sulfide) groups is 1. The van der Waals surface area contributed by atoms with Gasteiger partial charge >= 0.3 is 6.09 Å². The van der Waals surface area contributed by atoms with E-state index in [2.05, 4.69) is 10.3 Å². The second-order valence-electron chi connectivity index (χ2n) is 5.86. The molecule has 0 saturated carbocycles. The van der Waals surface area contributed by atoms with Gasteiger partial charge in [-0.2, -0.15) is 0 Å². The van der Waals surface area contributed by atoms with Crippen LogP contribution in [0.2, 0.25) is 0 Å². The van der Waals surface area contributed by atoms with Crippen LogP contribution < -0.4 is 5.32 Å². The lowest BCUT2D eigenvalue weighted by Crippen LogP contribution is -2.48. The van der Waals surface area contributed by atoms with Gasteiger partial charge in [0, 0.05) is 12.3 Å². The van der Waals surface area contributed by atoms with Crippen LogP contribution in [0.25, 0.3) is 0 Å². The summed E-state index contributed by atoms with van der Waals surface area (Å²) in [7, 11) is 0. The summed E-state index contributed by atoms with van der Waals surface area (Å²) in [4.78, 5) is 30.0. The molecule has 2 amide bonds. The Bertz CT molecular complexity index is 431. The van der Waals surface area contributed by atoms with E-state index in [-0.39, 0.29) is 5.91 Å². The van der Waals surface area contributed by atoms with Crippen LogP contribution in [0.3, 0.4) is 0 Å². The number of carbonyl (C=O) groups excluding carboxylic acids is 2. The van der Waals surface area contributed by atoms with Crippen LogP contribution in [0.15, 0.2) is 4.99 Å². The molecule has 1 fully saturated rings. The van der Waals surface area contributed by atoms with Gasteiger partial charge < -0.3 is 10.1 Å². The number of hydrogen-bond acceptors (Lipinski definition) is 5. The van der Waals surface area contributed by atoms with E-state index in [4.69, 9.17) is 4.74 Å². The first kappa shape index (κ1) is 15.2. The van der Waals surface area contributed by atoms with Crippen molar-refractivity contribution in [2.45, 2.75) is 45.3 Å². The lowest BCUT2D eigenvalue weighted by molar-refractivity contribution is -0.123. The molecule has 1 N–H and O–H groups in total. The number of carbonyl (C=O) groups is 2. The number of rotatable bonds is 1. The van der Waals surface area contributed by atoms with Gasteiger partial charge in [0.2, 0.25) is 5.91 Å². The fourth-order valence-electron chi connectivity index (χ4n) is 2.18. The fraction of sp³-hybridized carbons (Fsp3) is 0.769. The minimum atomic E-state index is -0.550. The van der Waals surface area contributed by atoms with E-state index in [0.717, 1.165) is 18.7 Å². The molecule has 2 heterocycles. The van der Waals surface area contributed by atoms with Crippen molar-refractivity contribution in [1.82, 2.24) is 10.2 Å². The van der Waals surface area contributed by atoms with Gasteiger partial charge in [-0.25, -0.2) is 4.79 Å². The summed E-state index contributed by atoms with van der Waals surface area (Å²) in [5.74, 6) is 0.734. The Morgan fingerprint density at radius 1 is 1.45 bits per heavy atom. The quantitative estimate of drug-likeness (QED) is 0.798. The summed E-state index contributed by atoms with van der Waals surface area (Å²) in [6, 6.07) is -0.450. The van der Waals surface area contributed by atoms with Gasteiger partial charge in [0.1, 0.15) is 11.6 Å². The molecule has 6 nitrogen and oxygen atoms in total. The smallest absolute Gasteiger partial charge is 0.410 e. The maximum Gasteiger partial charge on any atom is 0.410 e. The lowest BCUT2D eigenvalue weighted by Gasteiger charge is -2.27. The van der Waals surface area contributed by atoms with Crippen molar-refractivity contribution >= 4 is 28.9 Å². The third-order valence-electron chi connectivity index (χ3n) is 3.00. The van der Waals surface area contributed by atoms with Crippen molar-refractivity contribution in [2.24, 2.45) is 4.99 Å². The van der Waals surface area contributed by atoms with Gasteiger partial charge in [-0.1, -0.05) is 11.8 Å². The molecule has 1 unspecified atom stereocenters. The van der Waals surface area contributed by atoms with E-state index >= 15 is 0 Å². The number of aliphatic imine (C=N–C) groups is 1. The predicted octanol–water partition coefficient (Wildman–Crippen LogP) is 1.60. The molecule has 0 radical (unpaired) electrons. The highest BCUT2D eigenvalue weighted by atomic mass is 32.2.